The molecule has 0 spiro atoms. The fourth-order valence-corrected chi connectivity index (χ4v) is 1.59. The molecule has 0 heterocycles. The first-order valence-corrected chi connectivity index (χ1v) is 5.66. The third kappa shape index (κ3) is 3.30. The zero-order valence-electron chi connectivity index (χ0n) is 10.2. The van der Waals surface area contributed by atoms with Crippen LogP contribution in [0.25, 0.3) is 0 Å². The summed E-state index contributed by atoms with van der Waals surface area (Å²) in [5, 5.41) is 11.7. The van der Waals surface area contributed by atoms with E-state index in [4.69, 9.17) is 11.0 Å². The molecule has 0 radical (unpaired) electrons. The SMILES string of the molecule is CCCC(N)C(=O)Nc1cccc(C)c1C#N. The topological polar surface area (TPSA) is 78.9 Å². The molecule has 1 unspecified atom stereocenters. The van der Waals surface area contributed by atoms with Crippen molar-refractivity contribution in [1.29, 1.82) is 5.26 Å². The number of carbonyl (C=O) groups is 1. The molecule has 17 heavy (non-hydrogen) atoms. The normalized spacial score (nSPS) is 11.6. The fraction of sp³-hybridized carbons (Fsp3) is 0.385. The Kier molecular flexibility index (Phi) is 4.68. The van der Waals surface area contributed by atoms with Crippen LogP contribution in [0.2, 0.25) is 0 Å². The van der Waals surface area contributed by atoms with Gasteiger partial charge in [-0.2, -0.15) is 5.26 Å². The van der Waals surface area contributed by atoms with E-state index in [2.05, 4.69) is 11.4 Å². The monoisotopic (exact) mass is 231 g/mol. The standard InChI is InChI=1S/C13H17N3O/c1-3-5-11(15)13(17)16-12-7-4-6-9(2)10(12)8-14/h4,6-7,11H,3,5,15H2,1-2H3,(H,16,17). The summed E-state index contributed by atoms with van der Waals surface area (Å²) < 4.78 is 0. The van der Waals surface area contributed by atoms with Crippen molar-refractivity contribution in [2.24, 2.45) is 5.73 Å². The number of hydrogen-bond donors (Lipinski definition) is 2. The number of benzene rings is 1. The molecule has 0 fully saturated rings. The summed E-state index contributed by atoms with van der Waals surface area (Å²) in [7, 11) is 0. The number of nitriles is 1. The van der Waals surface area contributed by atoms with Gasteiger partial charge in [0.25, 0.3) is 0 Å². The quantitative estimate of drug-likeness (QED) is 0.831. The third-order valence-electron chi connectivity index (χ3n) is 2.58. The molecule has 0 aliphatic rings. The molecular formula is C13H17N3O. The van der Waals surface area contributed by atoms with Crippen LogP contribution < -0.4 is 11.1 Å². The highest BCUT2D eigenvalue weighted by atomic mass is 16.2. The maximum absolute atomic E-state index is 11.7. The number of nitrogens with one attached hydrogen (secondary N) is 1. The van der Waals surface area contributed by atoms with Crippen LogP contribution in [0.4, 0.5) is 5.69 Å². The zero-order chi connectivity index (χ0) is 12.8. The van der Waals surface area contributed by atoms with Gasteiger partial charge in [-0.3, -0.25) is 4.79 Å². The second-order valence-corrected chi connectivity index (χ2v) is 3.99. The molecule has 0 aliphatic carbocycles. The Balaban J connectivity index is 2.86. The van der Waals surface area contributed by atoms with Crippen LogP contribution in [0.15, 0.2) is 18.2 Å². The Labute approximate surface area is 101 Å². The van der Waals surface area contributed by atoms with Crippen LogP contribution in [-0.4, -0.2) is 11.9 Å². The van der Waals surface area contributed by atoms with E-state index in [1.165, 1.54) is 0 Å². The lowest BCUT2D eigenvalue weighted by atomic mass is 10.1. The second kappa shape index (κ2) is 6.02. The zero-order valence-corrected chi connectivity index (χ0v) is 10.2. The summed E-state index contributed by atoms with van der Waals surface area (Å²) in [5.74, 6) is -0.242. The highest BCUT2D eigenvalue weighted by Gasteiger charge is 2.14. The fourth-order valence-electron chi connectivity index (χ4n) is 1.59. The molecule has 1 aromatic rings. The third-order valence-corrected chi connectivity index (χ3v) is 2.58. The Morgan fingerprint density at radius 3 is 2.88 bits per heavy atom. The highest BCUT2D eigenvalue weighted by molar-refractivity contribution is 5.95. The van der Waals surface area contributed by atoms with Gasteiger partial charge in [0.2, 0.25) is 5.91 Å². The van der Waals surface area contributed by atoms with Gasteiger partial charge in [-0.05, 0) is 25.0 Å². The first kappa shape index (κ1) is 13.2. The molecule has 1 atom stereocenters. The smallest absolute Gasteiger partial charge is 0.241 e. The van der Waals surface area contributed by atoms with Crippen molar-refractivity contribution in [3.8, 4) is 6.07 Å². The first-order chi connectivity index (χ1) is 8.10. The van der Waals surface area contributed by atoms with Crippen molar-refractivity contribution in [3.63, 3.8) is 0 Å². The van der Waals surface area contributed by atoms with Gasteiger partial charge in [-0.15, -0.1) is 0 Å². The lowest BCUT2D eigenvalue weighted by molar-refractivity contribution is -0.117. The number of nitrogens with zero attached hydrogens (tertiary/aromatic N) is 1. The number of carbonyl (C=O) groups excluding carboxylic acids is 1. The van der Waals surface area contributed by atoms with Crippen molar-refractivity contribution in [1.82, 2.24) is 0 Å². The summed E-state index contributed by atoms with van der Waals surface area (Å²) >= 11 is 0. The molecule has 3 N–H and O–H groups in total. The highest BCUT2D eigenvalue weighted by Crippen LogP contribution is 2.18. The van der Waals surface area contributed by atoms with Crippen molar-refractivity contribution in [3.05, 3.63) is 29.3 Å². The van der Waals surface area contributed by atoms with E-state index >= 15 is 0 Å². The predicted molar refractivity (Wildman–Crippen MR) is 67.4 cm³/mol. The van der Waals surface area contributed by atoms with Crippen molar-refractivity contribution < 1.29 is 4.79 Å². The minimum absolute atomic E-state index is 0.242. The Morgan fingerprint density at radius 1 is 1.59 bits per heavy atom. The van der Waals surface area contributed by atoms with Gasteiger partial charge in [0.1, 0.15) is 6.07 Å². The van der Waals surface area contributed by atoms with Gasteiger partial charge < -0.3 is 11.1 Å². The number of amides is 1. The second-order valence-electron chi connectivity index (χ2n) is 3.99. The van der Waals surface area contributed by atoms with Gasteiger partial charge in [0.15, 0.2) is 0 Å². The van der Waals surface area contributed by atoms with Gasteiger partial charge >= 0.3 is 0 Å². The largest absolute Gasteiger partial charge is 0.324 e. The van der Waals surface area contributed by atoms with E-state index in [0.717, 1.165) is 12.0 Å². The van der Waals surface area contributed by atoms with Crippen LogP contribution in [0.3, 0.4) is 0 Å². The molecule has 1 aromatic carbocycles. The number of anilines is 1. The van der Waals surface area contributed by atoms with Gasteiger partial charge in [-0.1, -0.05) is 25.5 Å². The van der Waals surface area contributed by atoms with E-state index < -0.39 is 6.04 Å². The number of aryl methyl sites for hydroxylation is 1. The molecule has 0 bridgehead atoms. The van der Waals surface area contributed by atoms with Crippen molar-refractivity contribution in [2.45, 2.75) is 32.7 Å². The number of nitrogens with two attached hydrogens (primary N) is 1. The molecule has 0 saturated carbocycles. The maximum Gasteiger partial charge on any atom is 0.241 e. The van der Waals surface area contributed by atoms with E-state index in [0.29, 0.717) is 17.7 Å². The Morgan fingerprint density at radius 2 is 2.29 bits per heavy atom. The molecule has 4 heteroatoms. The number of rotatable bonds is 4. The van der Waals surface area contributed by atoms with E-state index in [9.17, 15) is 4.79 Å². The molecule has 0 aromatic heterocycles. The van der Waals surface area contributed by atoms with E-state index in [1.807, 2.05) is 19.9 Å². The van der Waals surface area contributed by atoms with Crippen LogP contribution in [-0.2, 0) is 4.79 Å². The molecular weight excluding hydrogens is 214 g/mol. The lowest BCUT2D eigenvalue weighted by Gasteiger charge is -2.12. The minimum Gasteiger partial charge on any atom is -0.324 e. The van der Waals surface area contributed by atoms with E-state index in [-0.39, 0.29) is 5.91 Å². The van der Waals surface area contributed by atoms with Crippen molar-refractivity contribution >= 4 is 11.6 Å². The van der Waals surface area contributed by atoms with Gasteiger partial charge in [0.05, 0.1) is 17.3 Å². The number of hydrogen-bond acceptors (Lipinski definition) is 3. The molecule has 90 valence electrons. The average Bonchev–Trinajstić information content (AvgIpc) is 2.29. The Bertz CT molecular complexity index is 448. The van der Waals surface area contributed by atoms with Gasteiger partial charge in [-0.25, -0.2) is 0 Å². The summed E-state index contributed by atoms with van der Waals surface area (Å²) in [4.78, 5) is 11.7. The average molecular weight is 231 g/mol. The first-order valence-electron chi connectivity index (χ1n) is 5.66. The Hall–Kier alpha value is -1.86. The maximum atomic E-state index is 11.7. The van der Waals surface area contributed by atoms with Crippen molar-refractivity contribution in [2.75, 3.05) is 5.32 Å². The molecule has 4 nitrogen and oxygen atoms in total. The summed E-state index contributed by atoms with van der Waals surface area (Å²) in [6.07, 6.45) is 1.49. The van der Waals surface area contributed by atoms with E-state index in [1.54, 1.807) is 12.1 Å². The minimum atomic E-state index is -0.521. The van der Waals surface area contributed by atoms with Crippen LogP contribution >= 0.6 is 0 Å². The van der Waals surface area contributed by atoms with Crippen LogP contribution in [0.1, 0.15) is 30.9 Å². The van der Waals surface area contributed by atoms with Crippen LogP contribution in [0.5, 0.6) is 0 Å². The lowest BCUT2D eigenvalue weighted by Crippen LogP contribution is -2.35. The molecule has 1 amide bonds. The summed E-state index contributed by atoms with van der Waals surface area (Å²) in [6, 6.07) is 6.91. The summed E-state index contributed by atoms with van der Waals surface area (Å²) in [5.41, 5.74) is 7.57. The van der Waals surface area contributed by atoms with Crippen LogP contribution in [0, 0.1) is 18.3 Å². The molecule has 0 aliphatic heterocycles. The van der Waals surface area contributed by atoms with Gasteiger partial charge in [0, 0.05) is 0 Å². The summed E-state index contributed by atoms with van der Waals surface area (Å²) in [6.45, 7) is 3.81. The molecule has 0 saturated heterocycles. The predicted octanol–water partition coefficient (Wildman–Crippen LogP) is 1.93. The molecule has 1 rings (SSSR count).